The third-order valence-corrected chi connectivity index (χ3v) is 4.05. The Balaban J connectivity index is 1.88. The van der Waals surface area contributed by atoms with Crippen molar-refractivity contribution in [3.63, 3.8) is 0 Å². The van der Waals surface area contributed by atoms with Gasteiger partial charge in [-0.25, -0.2) is 0 Å². The van der Waals surface area contributed by atoms with Crippen LogP contribution < -0.4 is 5.32 Å². The molecule has 3 aromatic carbocycles. The Morgan fingerprint density at radius 3 is 2.19 bits per heavy atom. The Labute approximate surface area is 139 Å². The Kier molecular flexibility index (Phi) is 4.08. The number of fused-ring (bicyclic) bond motifs is 1. The minimum Gasteiger partial charge on any atom is -0.322 e. The molecule has 0 spiro atoms. The Hall–Kier alpha value is -1.65. The number of amides is 1. The van der Waals surface area contributed by atoms with Crippen molar-refractivity contribution in [1.29, 1.82) is 0 Å². The average Bonchev–Trinajstić information content (AvgIpc) is 2.46. The number of rotatable bonds is 2. The fraction of sp³-hybridized carbons (Fsp3) is 0. The van der Waals surface area contributed by atoms with E-state index in [1.165, 1.54) is 0 Å². The molecule has 0 aliphatic rings. The van der Waals surface area contributed by atoms with Gasteiger partial charge in [0.15, 0.2) is 0 Å². The zero-order valence-corrected chi connectivity index (χ0v) is 14.1. The second kappa shape index (κ2) is 6.00. The van der Waals surface area contributed by atoms with Crippen molar-refractivity contribution < 1.29 is 4.79 Å². The van der Waals surface area contributed by atoms with Gasteiger partial charge in [0.2, 0.25) is 0 Å². The van der Waals surface area contributed by atoms with Gasteiger partial charge in [-0.1, -0.05) is 62.2 Å². The van der Waals surface area contributed by atoms with E-state index in [4.69, 9.17) is 0 Å². The Bertz CT molecular complexity index is 810. The highest BCUT2D eigenvalue weighted by atomic mass is 79.9. The fourth-order valence-electron chi connectivity index (χ4n) is 2.16. The summed E-state index contributed by atoms with van der Waals surface area (Å²) in [5.41, 5.74) is 1.39. The van der Waals surface area contributed by atoms with E-state index in [0.717, 1.165) is 25.4 Å². The van der Waals surface area contributed by atoms with E-state index in [9.17, 15) is 4.79 Å². The standard InChI is InChI=1S/C17H11Br2NO/c18-14-7-13(8-15(19)10-14)17(21)20-16-6-5-11-3-1-2-4-12(11)9-16/h1-10H,(H,20,21). The fourth-order valence-corrected chi connectivity index (χ4v) is 3.45. The molecule has 1 N–H and O–H groups in total. The smallest absolute Gasteiger partial charge is 0.255 e. The molecule has 4 heteroatoms. The lowest BCUT2D eigenvalue weighted by molar-refractivity contribution is 0.102. The predicted octanol–water partition coefficient (Wildman–Crippen LogP) is 5.62. The molecule has 0 radical (unpaired) electrons. The van der Waals surface area contributed by atoms with Gasteiger partial charge in [-0.2, -0.15) is 0 Å². The predicted molar refractivity (Wildman–Crippen MR) is 93.7 cm³/mol. The molecule has 0 aromatic heterocycles. The second-order valence-electron chi connectivity index (χ2n) is 4.67. The van der Waals surface area contributed by atoms with Gasteiger partial charge in [-0.3, -0.25) is 4.79 Å². The van der Waals surface area contributed by atoms with E-state index in [0.29, 0.717) is 5.56 Å². The van der Waals surface area contributed by atoms with Crippen LogP contribution in [0.1, 0.15) is 10.4 Å². The molecule has 0 bridgehead atoms. The highest BCUT2D eigenvalue weighted by molar-refractivity contribution is 9.11. The van der Waals surface area contributed by atoms with Crippen molar-refractivity contribution in [3.05, 3.63) is 75.2 Å². The van der Waals surface area contributed by atoms with Crippen molar-refractivity contribution in [2.45, 2.75) is 0 Å². The molecule has 0 heterocycles. The molecule has 104 valence electrons. The van der Waals surface area contributed by atoms with Crippen LogP contribution in [0.15, 0.2) is 69.6 Å². The van der Waals surface area contributed by atoms with Crippen LogP contribution in [0, 0.1) is 0 Å². The van der Waals surface area contributed by atoms with Gasteiger partial charge >= 0.3 is 0 Å². The maximum Gasteiger partial charge on any atom is 0.255 e. The summed E-state index contributed by atoms with van der Waals surface area (Å²) in [6, 6.07) is 19.4. The Morgan fingerprint density at radius 1 is 0.810 bits per heavy atom. The van der Waals surface area contributed by atoms with E-state index in [1.54, 1.807) is 12.1 Å². The lowest BCUT2D eigenvalue weighted by Gasteiger charge is -2.07. The van der Waals surface area contributed by atoms with E-state index in [-0.39, 0.29) is 5.91 Å². The van der Waals surface area contributed by atoms with Gasteiger partial charge in [0.25, 0.3) is 5.91 Å². The first-order valence-corrected chi connectivity index (χ1v) is 7.97. The summed E-state index contributed by atoms with van der Waals surface area (Å²) in [4.78, 5) is 12.3. The highest BCUT2D eigenvalue weighted by Crippen LogP contribution is 2.22. The van der Waals surface area contributed by atoms with Gasteiger partial charge in [0, 0.05) is 20.2 Å². The molecule has 0 atom stereocenters. The lowest BCUT2D eigenvalue weighted by Crippen LogP contribution is -2.11. The number of carbonyl (C=O) groups is 1. The molecule has 0 aliphatic heterocycles. The maximum absolute atomic E-state index is 12.3. The molecular formula is C17H11Br2NO. The van der Waals surface area contributed by atoms with Crippen LogP contribution in [0.3, 0.4) is 0 Å². The van der Waals surface area contributed by atoms with Crippen LogP contribution in [0.4, 0.5) is 5.69 Å². The number of carbonyl (C=O) groups excluding carboxylic acids is 1. The van der Waals surface area contributed by atoms with Crippen molar-refractivity contribution >= 4 is 54.2 Å². The molecule has 0 fully saturated rings. The molecular weight excluding hydrogens is 394 g/mol. The molecule has 2 nitrogen and oxygen atoms in total. The molecule has 0 saturated heterocycles. The first kappa shape index (κ1) is 14.3. The summed E-state index contributed by atoms with van der Waals surface area (Å²) in [7, 11) is 0. The van der Waals surface area contributed by atoms with Crippen LogP contribution in [0.2, 0.25) is 0 Å². The second-order valence-corrected chi connectivity index (χ2v) is 6.51. The molecule has 21 heavy (non-hydrogen) atoms. The maximum atomic E-state index is 12.3. The number of hydrogen-bond donors (Lipinski definition) is 1. The molecule has 0 saturated carbocycles. The monoisotopic (exact) mass is 403 g/mol. The molecule has 0 aliphatic carbocycles. The zero-order chi connectivity index (χ0) is 14.8. The highest BCUT2D eigenvalue weighted by Gasteiger charge is 2.08. The summed E-state index contributed by atoms with van der Waals surface area (Å²) in [6.45, 7) is 0. The van der Waals surface area contributed by atoms with E-state index >= 15 is 0 Å². The molecule has 1 amide bonds. The number of nitrogens with one attached hydrogen (secondary N) is 1. The van der Waals surface area contributed by atoms with Crippen LogP contribution >= 0.6 is 31.9 Å². The Morgan fingerprint density at radius 2 is 1.48 bits per heavy atom. The third-order valence-electron chi connectivity index (χ3n) is 3.13. The molecule has 3 aromatic rings. The number of benzene rings is 3. The number of hydrogen-bond acceptors (Lipinski definition) is 1. The summed E-state index contributed by atoms with van der Waals surface area (Å²) < 4.78 is 1.72. The largest absolute Gasteiger partial charge is 0.322 e. The first-order valence-electron chi connectivity index (χ1n) is 6.38. The summed E-state index contributed by atoms with van der Waals surface area (Å²) in [5.74, 6) is -0.132. The van der Waals surface area contributed by atoms with Crippen LogP contribution in [0.5, 0.6) is 0 Å². The van der Waals surface area contributed by atoms with Crippen LogP contribution in [-0.2, 0) is 0 Å². The van der Waals surface area contributed by atoms with Crippen molar-refractivity contribution in [2.75, 3.05) is 5.32 Å². The third kappa shape index (κ3) is 3.34. The minimum absolute atomic E-state index is 0.132. The first-order chi connectivity index (χ1) is 10.1. The minimum atomic E-state index is -0.132. The number of halogens is 2. The van der Waals surface area contributed by atoms with Crippen LogP contribution in [-0.4, -0.2) is 5.91 Å². The van der Waals surface area contributed by atoms with Gasteiger partial charge in [0.1, 0.15) is 0 Å². The van der Waals surface area contributed by atoms with E-state index in [2.05, 4.69) is 37.2 Å². The topological polar surface area (TPSA) is 29.1 Å². The van der Waals surface area contributed by atoms with Gasteiger partial charge < -0.3 is 5.32 Å². The summed E-state index contributed by atoms with van der Waals surface area (Å²) in [5, 5.41) is 5.18. The number of anilines is 1. The van der Waals surface area contributed by atoms with Crippen molar-refractivity contribution in [1.82, 2.24) is 0 Å². The van der Waals surface area contributed by atoms with E-state index < -0.39 is 0 Å². The van der Waals surface area contributed by atoms with Crippen molar-refractivity contribution in [3.8, 4) is 0 Å². The average molecular weight is 405 g/mol. The summed E-state index contributed by atoms with van der Waals surface area (Å²) in [6.07, 6.45) is 0. The summed E-state index contributed by atoms with van der Waals surface area (Å²) >= 11 is 6.78. The van der Waals surface area contributed by atoms with E-state index in [1.807, 2.05) is 48.5 Å². The van der Waals surface area contributed by atoms with Gasteiger partial charge in [-0.05, 0) is 41.1 Å². The van der Waals surface area contributed by atoms with Gasteiger partial charge in [0.05, 0.1) is 0 Å². The van der Waals surface area contributed by atoms with Gasteiger partial charge in [-0.15, -0.1) is 0 Å². The zero-order valence-electron chi connectivity index (χ0n) is 10.9. The lowest BCUT2D eigenvalue weighted by atomic mass is 10.1. The quantitative estimate of drug-likeness (QED) is 0.590. The molecule has 0 unspecified atom stereocenters. The normalized spacial score (nSPS) is 10.6. The molecule has 3 rings (SSSR count). The van der Waals surface area contributed by atoms with Crippen molar-refractivity contribution in [2.24, 2.45) is 0 Å². The van der Waals surface area contributed by atoms with Crippen LogP contribution in [0.25, 0.3) is 10.8 Å². The SMILES string of the molecule is O=C(Nc1ccc2ccccc2c1)c1cc(Br)cc(Br)c1.